The fourth-order valence-corrected chi connectivity index (χ4v) is 5.97. The molecule has 2 aromatic heterocycles. The smallest absolute Gasteiger partial charge is 0.255 e. The van der Waals surface area contributed by atoms with Crippen molar-refractivity contribution in [1.29, 1.82) is 0 Å². The first-order chi connectivity index (χ1) is 16.1. The van der Waals surface area contributed by atoms with Gasteiger partial charge in [0.15, 0.2) is 0 Å². The van der Waals surface area contributed by atoms with Gasteiger partial charge in [-0.1, -0.05) is 65.7 Å². The maximum atomic E-state index is 13.6. The molecule has 3 heterocycles. The average Bonchev–Trinajstić information content (AvgIpc) is 3.52. The highest BCUT2D eigenvalue weighted by Gasteiger charge is 2.40. The predicted octanol–water partition coefficient (Wildman–Crippen LogP) is 7.95. The van der Waals surface area contributed by atoms with Crippen molar-refractivity contribution >= 4 is 51.3 Å². The van der Waals surface area contributed by atoms with Crippen molar-refractivity contribution in [3.63, 3.8) is 0 Å². The Kier molecular flexibility index (Phi) is 5.02. The van der Waals surface area contributed by atoms with Gasteiger partial charge in [0.2, 0.25) is 0 Å². The summed E-state index contributed by atoms with van der Waals surface area (Å²) >= 11 is 14.5. The first kappa shape index (κ1) is 20.5. The van der Waals surface area contributed by atoms with E-state index in [4.69, 9.17) is 23.2 Å². The van der Waals surface area contributed by atoms with Crippen LogP contribution in [0.15, 0.2) is 84.2 Å². The van der Waals surface area contributed by atoms with E-state index in [-0.39, 0.29) is 11.9 Å². The van der Waals surface area contributed by atoms with Crippen LogP contribution in [-0.4, -0.2) is 15.8 Å². The number of nitrogens with zero attached hydrogens (tertiary/aromatic N) is 1. The molecule has 0 saturated carbocycles. The van der Waals surface area contributed by atoms with Crippen LogP contribution in [0.25, 0.3) is 22.2 Å². The molecule has 0 spiro atoms. The van der Waals surface area contributed by atoms with E-state index < -0.39 is 0 Å². The highest BCUT2D eigenvalue weighted by molar-refractivity contribution is 7.09. The zero-order chi connectivity index (χ0) is 22.5. The number of fused-ring (bicyclic) bond motifs is 2. The lowest BCUT2D eigenvalue weighted by atomic mass is 9.93. The molecule has 1 unspecified atom stereocenters. The number of hydrogen-bond acceptors (Lipinski definition) is 2. The number of amides is 1. The molecule has 1 amide bonds. The molecule has 1 N–H and O–H groups in total. The Morgan fingerprint density at radius 2 is 1.73 bits per heavy atom. The molecule has 1 atom stereocenters. The molecular formula is C27H18Cl2N2OS. The predicted molar refractivity (Wildman–Crippen MR) is 136 cm³/mol. The van der Waals surface area contributed by atoms with Gasteiger partial charge < -0.3 is 9.88 Å². The van der Waals surface area contributed by atoms with Crippen molar-refractivity contribution in [1.82, 2.24) is 9.88 Å². The van der Waals surface area contributed by atoms with Gasteiger partial charge in [-0.2, -0.15) is 0 Å². The molecule has 0 fully saturated rings. The number of para-hydroxylation sites is 1. The molecule has 0 aliphatic carbocycles. The lowest BCUT2D eigenvalue weighted by molar-refractivity contribution is 0.0739. The molecule has 162 valence electrons. The topological polar surface area (TPSA) is 36.1 Å². The summed E-state index contributed by atoms with van der Waals surface area (Å²) in [4.78, 5) is 20.3. The summed E-state index contributed by atoms with van der Waals surface area (Å²) in [5.74, 6) is 0.0439. The summed E-state index contributed by atoms with van der Waals surface area (Å²) in [6.45, 7) is 0.545. The van der Waals surface area contributed by atoms with Gasteiger partial charge in [-0.3, -0.25) is 4.79 Å². The molecule has 3 nitrogen and oxygen atoms in total. The molecular weight excluding hydrogens is 471 g/mol. The van der Waals surface area contributed by atoms with Gasteiger partial charge in [-0.15, -0.1) is 11.3 Å². The molecule has 0 bridgehead atoms. The van der Waals surface area contributed by atoms with Crippen molar-refractivity contribution in [2.75, 3.05) is 0 Å². The van der Waals surface area contributed by atoms with Crippen LogP contribution in [0.1, 0.15) is 32.4 Å². The third-order valence-corrected chi connectivity index (χ3v) is 7.59. The van der Waals surface area contributed by atoms with E-state index in [9.17, 15) is 4.79 Å². The second-order valence-electron chi connectivity index (χ2n) is 8.09. The molecule has 1 aliphatic heterocycles. The Bertz CT molecular complexity index is 1510. The average molecular weight is 489 g/mol. The van der Waals surface area contributed by atoms with Gasteiger partial charge >= 0.3 is 0 Å². The highest BCUT2D eigenvalue weighted by atomic mass is 35.5. The van der Waals surface area contributed by atoms with E-state index in [1.54, 1.807) is 17.4 Å². The van der Waals surface area contributed by atoms with E-state index in [0.29, 0.717) is 16.6 Å². The number of halogens is 2. The number of hydrogen-bond donors (Lipinski definition) is 1. The van der Waals surface area contributed by atoms with Gasteiger partial charge in [0.1, 0.15) is 0 Å². The van der Waals surface area contributed by atoms with Crippen molar-refractivity contribution < 1.29 is 4.79 Å². The number of benzene rings is 3. The van der Waals surface area contributed by atoms with E-state index in [1.807, 2.05) is 58.8 Å². The summed E-state index contributed by atoms with van der Waals surface area (Å²) in [7, 11) is 0. The summed E-state index contributed by atoms with van der Waals surface area (Å²) in [6, 6.07) is 25.5. The van der Waals surface area contributed by atoms with E-state index in [0.717, 1.165) is 43.7 Å². The van der Waals surface area contributed by atoms with Crippen LogP contribution in [0.4, 0.5) is 0 Å². The lowest BCUT2D eigenvalue weighted by Crippen LogP contribution is -2.28. The first-order valence-electron chi connectivity index (χ1n) is 10.6. The number of carbonyl (C=O) groups is 1. The van der Waals surface area contributed by atoms with Gasteiger partial charge in [-0.05, 0) is 47.3 Å². The minimum atomic E-state index is -0.242. The van der Waals surface area contributed by atoms with Gasteiger partial charge in [0.25, 0.3) is 5.91 Å². The highest BCUT2D eigenvalue weighted by Crippen LogP contribution is 2.47. The number of aromatic nitrogens is 1. The maximum Gasteiger partial charge on any atom is 0.255 e. The Morgan fingerprint density at radius 3 is 2.55 bits per heavy atom. The number of thiophene rings is 1. The quantitative estimate of drug-likeness (QED) is 0.273. The molecule has 6 heteroatoms. The lowest BCUT2D eigenvalue weighted by Gasteiger charge is -2.26. The SMILES string of the molecule is O=C1c2ccccc2C(c2c(-c3ccc(Cl)cc3Cl)[nH]c3ccccc23)N1Cc1cccs1. The largest absolute Gasteiger partial charge is 0.354 e. The van der Waals surface area contributed by atoms with Crippen LogP contribution < -0.4 is 0 Å². The molecule has 33 heavy (non-hydrogen) atoms. The standard InChI is InChI=1S/C27H18Cl2N2OS/c28-16-11-12-20(22(29)14-16)25-24(21-9-3-4-10-23(21)30-25)26-18-7-1-2-8-19(18)27(32)31(26)15-17-6-5-13-33-17/h1-14,26,30H,15H2. The van der Waals surface area contributed by atoms with E-state index in [2.05, 4.69) is 29.2 Å². The van der Waals surface area contributed by atoms with Crippen LogP contribution >= 0.6 is 34.5 Å². The summed E-state index contributed by atoms with van der Waals surface area (Å²) in [6.07, 6.45) is 0. The zero-order valence-corrected chi connectivity index (χ0v) is 19.7. The van der Waals surface area contributed by atoms with Gasteiger partial charge in [0.05, 0.1) is 23.3 Å². The van der Waals surface area contributed by atoms with Crippen LogP contribution in [0.3, 0.4) is 0 Å². The third kappa shape index (κ3) is 3.37. The molecule has 0 radical (unpaired) electrons. The fourth-order valence-electron chi connectivity index (χ4n) is 4.77. The molecule has 5 aromatic rings. The molecule has 3 aromatic carbocycles. The second-order valence-corrected chi connectivity index (χ2v) is 9.96. The summed E-state index contributed by atoms with van der Waals surface area (Å²) in [5, 5.41) is 4.27. The van der Waals surface area contributed by atoms with Crippen molar-refractivity contribution in [2.45, 2.75) is 12.6 Å². The van der Waals surface area contributed by atoms with Gasteiger partial charge in [0, 0.05) is 37.5 Å². The molecule has 1 aliphatic rings. The normalized spacial score (nSPS) is 15.4. The molecule has 0 saturated heterocycles. The third-order valence-electron chi connectivity index (χ3n) is 6.18. The maximum absolute atomic E-state index is 13.6. The number of carbonyl (C=O) groups excluding carboxylic acids is 1. The zero-order valence-electron chi connectivity index (χ0n) is 17.4. The Morgan fingerprint density at radius 1 is 0.909 bits per heavy atom. The van der Waals surface area contributed by atoms with Crippen LogP contribution in [-0.2, 0) is 6.54 Å². The fraction of sp³-hybridized carbons (Fsp3) is 0.0741. The number of nitrogens with one attached hydrogen (secondary N) is 1. The number of rotatable bonds is 4. The number of H-pyrrole nitrogens is 1. The van der Waals surface area contributed by atoms with Crippen LogP contribution in [0, 0.1) is 0 Å². The minimum absolute atomic E-state index is 0.0439. The van der Waals surface area contributed by atoms with Crippen LogP contribution in [0.2, 0.25) is 10.0 Å². The van der Waals surface area contributed by atoms with Crippen LogP contribution in [0.5, 0.6) is 0 Å². The van der Waals surface area contributed by atoms with Crippen molar-refractivity contribution in [3.8, 4) is 11.3 Å². The van der Waals surface area contributed by atoms with Gasteiger partial charge in [-0.25, -0.2) is 0 Å². The summed E-state index contributed by atoms with van der Waals surface area (Å²) in [5.41, 5.74) is 5.57. The molecule has 6 rings (SSSR count). The first-order valence-corrected chi connectivity index (χ1v) is 12.2. The van der Waals surface area contributed by atoms with Crippen molar-refractivity contribution in [2.24, 2.45) is 0 Å². The second kappa shape index (κ2) is 8.07. The Hall–Kier alpha value is -3.05. The van der Waals surface area contributed by atoms with Crippen molar-refractivity contribution in [3.05, 3.63) is 116 Å². The monoisotopic (exact) mass is 488 g/mol. The Balaban J connectivity index is 1.63. The minimum Gasteiger partial charge on any atom is -0.354 e. The summed E-state index contributed by atoms with van der Waals surface area (Å²) < 4.78 is 0. The Labute approximate surface area is 205 Å². The van der Waals surface area contributed by atoms with E-state index >= 15 is 0 Å². The van der Waals surface area contributed by atoms with E-state index in [1.165, 1.54) is 0 Å². The number of aromatic amines is 1.